The van der Waals surface area contributed by atoms with Crippen molar-refractivity contribution >= 4 is 17.7 Å². The first kappa shape index (κ1) is 9.83. The van der Waals surface area contributed by atoms with E-state index in [4.69, 9.17) is 10.8 Å². The summed E-state index contributed by atoms with van der Waals surface area (Å²) in [4.78, 5) is 10.5. The molecular weight excluding hydrogens is 176 g/mol. The summed E-state index contributed by atoms with van der Waals surface area (Å²) < 4.78 is 0. The van der Waals surface area contributed by atoms with Gasteiger partial charge in [-0.3, -0.25) is 10.1 Å². The third-order valence-electron chi connectivity index (χ3n) is 1.95. The zero-order chi connectivity index (χ0) is 9.03. The van der Waals surface area contributed by atoms with Gasteiger partial charge >= 0.3 is 0 Å². The van der Waals surface area contributed by atoms with Gasteiger partial charge in [-0.1, -0.05) is 0 Å². The predicted molar refractivity (Wildman–Crippen MR) is 48.7 cm³/mol. The normalized spacial score (nSPS) is 29.1. The number of nitrogens with one attached hydrogen (secondary N) is 1. The molecule has 0 bridgehead atoms. The van der Waals surface area contributed by atoms with Crippen molar-refractivity contribution < 1.29 is 9.90 Å². The Bertz CT molecular complexity index is 169. The topological polar surface area (TPSA) is 75.4 Å². The molecule has 70 valence electrons. The molecule has 0 saturated carbocycles. The van der Waals surface area contributed by atoms with Gasteiger partial charge in [-0.05, 0) is 12.8 Å². The average molecular weight is 190 g/mol. The molecular formula is C7H14N2O2S. The zero-order valence-corrected chi connectivity index (χ0v) is 7.69. The van der Waals surface area contributed by atoms with E-state index in [9.17, 15) is 4.79 Å². The number of primary amides is 1. The van der Waals surface area contributed by atoms with Crippen LogP contribution in [0, 0.1) is 0 Å². The second-order valence-electron chi connectivity index (χ2n) is 2.79. The Morgan fingerprint density at radius 2 is 2.50 bits per heavy atom. The highest BCUT2D eigenvalue weighted by atomic mass is 32.2. The number of thioether (sulfide) groups is 1. The van der Waals surface area contributed by atoms with E-state index in [-0.39, 0.29) is 12.5 Å². The van der Waals surface area contributed by atoms with Crippen LogP contribution in [0.1, 0.15) is 12.8 Å². The molecule has 1 aliphatic heterocycles. The fourth-order valence-electron chi connectivity index (χ4n) is 1.30. The molecule has 1 unspecified atom stereocenters. The van der Waals surface area contributed by atoms with Crippen LogP contribution in [0.3, 0.4) is 0 Å². The number of carbonyl (C=O) groups excluding carboxylic acids is 1. The summed E-state index contributed by atoms with van der Waals surface area (Å²) in [7, 11) is 0. The lowest BCUT2D eigenvalue weighted by Gasteiger charge is -2.23. The van der Waals surface area contributed by atoms with E-state index in [1.807, 2.05) is 0 Å². The van der Waals surface area contributed by atoms with Gasteiger partial charge in [-0.25, -0.2) is 0 Å². The van der Waals surface area contributed by atoms with Crippen molar-refractivity contribution in [1.82, 2.24) is 5.32 Å². The quantitative estimate of drug-likeness (QED) is 0.547. The molecule has 0 aromatic heterocycles. The van der Waals surface area contributed by atoms with Gasteiger partial charge in [0.2, 0.25) is 5.91 Å². The Morgan fingerprint density at radius 3 is 2.92 bits per heavy atom. The number of carbonyl (C=O) groups is 1. The molecule has 0 aromatic rings. The van der Waals surface area contributed by atoms with E-state index in [1.54, 1.807) is 11.8 Å². The standard InChI is InChI=1S/C7H14N2O2S/c8-6(11)7(2-1-4-10)9-3-5-12-7/h9-10H,1-5H2,(H2,8,11). The van der Waals surface area contributed by atoms with Gasteiger partial charge in [0.1, 0.15) is 4.87 Å². The van der Waals surface area contributed by atoms with Crippen molar-refractivity contribution in [2.24, 2.45) is 5.73 Å². The number of aliphatic hydroxyl groups excluding tert-OH is 1. The van der Waals surface area contributed by atoms with Crippen molar-refractivity contribution in [1.29, 1.82) is 0 Å². The predicted octanol–water partition coefficient (Wildman–Crippen LogP) is -0.723. The van der Waals surface area contributed by atoms with E-state index in [0.717, 1.165) is 12.3 Å². The monoisotopic (exact) mass is 190 g/mol. The van der Waals surface area contributed by atoms with Crippen LogP contribution in [0.2, 0.25) is 0 Å². The first-order chi connectivity index (χ1) is 5.71. The van der Waals surface area contributed by atoms with Crippen molar-refractivity contribution in [2.75, 3.05) is 18.9 Å². The molecule has 12 heavy (non-hydrogen) atoms. The third-order valence-corrected chi connectivity index (χ3v) is 3.40. The summed E-state index contributed by atoms with van der Waals surface area (Å²) in [5.74, 6) is 0.590. The summed E-state index contributed by atoms with van der Waals surface area (Å²) >= 11 is 1.54. The Balaban J connectivity index is 2.53. The van der Waals surface area contributed by atoms with Crippen LogP contribution in [0.15, 0.2) is 0 Å². The Kier molecular flexibility index (Phi) is 3.37. The fraction of sp³-hybridized carbons (Fsp3) is 0.857. The summed E-state index contributed by atoms with van der Waals surface area (Å²) in [5, 5.41) is 11.7. The number of hydrogen-bond donors (Lipinski definition) is 3. The Morgan fingerprint density at radius 1 is 1.75 bits per heavy atom. The van der Waals surface area contributed by atoms with Crippen LogP contribution in [-0.2, 0) is 4.79 Å². The SMILES string of the molecule is NC(=O)C1(CCCO)NCCS1. The zero-order valence-electron chi connectivity index (χ0n) is 6.88. The van der Waals surface area contributed by atoms with E-state index < -0.39 is 4.87 Å². The Labute approximate surface area is 75.9 Å². The largest absolute Gasteiger partial charge is 0.396 e. The van der Waals surface area contributed by atoms with Gasteiger partial charge in [0, 0.05) is 18.9 Å². The molecule has 1 amide bonds. The molecule has 0 radical (unpaired) electrons. The highest BCUT2D eigenvalue weighted by Crippen LogP contribution is 2.31. The van der Waals surface area contributed by atoms with Gasteiger partial charge in [-0.15, -0.1) is 11.8 Å². The van der Waals surface area contributed by atoms with Crippen molar-refractivity contribution in [3.8, 4) is 0 Å². The van der Waals surface area contributed by atoms with Crippen molar-refractivity contribution in [3.63, 3.8) is 0 Å². The van der Waals surface area contributed by atoms with Gasteiger partial charge < -0.3 is 10.8 Å². The minimum absolute atomic E-state index is 0.108. The van der Waals surface area contributed by atoms with Crippen LogP contribution in [0.5, 0.6) is 0 Å². The van der Waals surface area contributed by atoms with Crippen LogP contribution in [0.25, 0.3) is 0 Å². The van der Waals surface area contributed by atoms with Crippen molar-refractivity contribution in [2.45, 2.75) is 17.7 Å². The lowest BCUT2D eigenvalue weighted by molar-refractivity contribution is -0.121. The van der Waals surface area contributed by atoms with E-state index >= 15 is 0 Å². The molecule has 0 spiro atoms. The molecule has 1 aliphatic rings. The van der Waals surface area contributed by atoms with E-state index in [2.05, 4.69) is 5.32 Å². The van der Waals surface area contributed by atoms with Crippen LogP contribution in [-0.4, -0.2) is 34.8 Å². The fourth-order valence-corrected chi connectivity index (χ4v) is 2.49. The number of nitrogens with two attached hydrogens (primary N) is 1. The van der Waals surface area contributed by atoms with Gasteiger partial charge in [-0.2, -0.15) is 0 Å². The maximum atomic E-state index is 11.1. The van der Waals surface area contributed by atoms with Crippen LogP contribution < -0.4 is 11.1 Å². The molecule has 1 fully saturated rings. The number of rotatable bonds is 4. The summed E-state index contributed by atoms with van der Waals surface area (Å²) in [6, 6.07) is 0. The third kappa shape index (κ3) is 1.91. The minimum atomic E-state index is -0.608. The molecule has 4 N–H and O–H groups in total. The molecule has 4 nitrogen and oxygen atoms in total. The second kappa shape index (κ2) is 4.11. The van der Waals surface area contributed by atoms with E-state index in [1.165, 1.54) is 0 Å². The Hall–Kier alpha value is -0.260. The molecule has 5 heteroatoms. The summed E-state index contributed by atoms with van der Waals surface area (Å²) in [6.07, 6.45) is 1.23. The van der Waals surface area contributed by atoms with Gasteiger partial charge in [0.15, 0.2) is 0 Å². The average Bonchev–Trinajstić information content (AvgIpc) is 2.50. The number of amides is 1. The van der Waals surface area contributed by atoms with Crippen molar-refractivity contribution in [3.05, 3.63) is 0 Å². The summed E-state index contributed by atoms with van der Waals surface area (Å²) in [6.45, 7) is 0.927. The summed E-state index contributed by atoms with van der Waals surface area (Å²) in [5.41, 5.74) is 5.27. The van der Waals surface area contributed by atoms with E-state index in [0.29, 0.717) is 12.8 Å². The maximum absolute atomic E-state index is 11.1. The van der Waals surface area contributed by atoms with Gasteiger partial charge in [0.05, 0.1) is 0 Å². The molecule has 1 rings (SSSR count). The molecule has 0 aliphatic carbocycles. The minimum Gasteiger partial charge on any atom is -0.396 e. The van der Waals surface area contributed by atoms with Gasteiger partial charge in [0.25, 0.3) is 0 Å². The number of aliphatic hydroxyl groups is 1. The number of hydrogen-bond acceptors (Lipinski definition) is 4. The lowest BCUT2D eigenvalue weighted by Crippen LogP contribution is -2.49. The molecule has 1 heterocycles. The first-order valence-corrected chi connectivity index (χ1v) is 4.99. The highest BCUT2D eigenvalue weighted by Gasteiger charge is 2.39. The lowest BCUT2D eigenvalue weighted by atomic mass is 10.1. The smallest absolute Gasteiger partial charge is 0.248 e. The first-order valence-electron chi connectivity index (χ1n) is 4.01. The second-order valence-corrected chi connectivity index (χ2v) is 4.19. The maximum Gasteiger partial charge on any atom is 0.248 e. The molecule has 1 saturated heterocycles. The van der Waals surface area contributed by atoms with Crippen LogP contribution >= 0.6 is 11.8 Å². The molecule has 0 aromatic carbocycles. The van der Waals surface area contributed by atoms with Crippen LogP contribution in [0.4, 0.5) is 0 Å². The molecule has 1 atom stereocenters. The highest BCUT2D eigenvalue weighted by molar-refractivity contribution is 8.01.